The minimum Gasteiger partial charge on any atom is -0.465 e. The van der Waals surface area contributed by atoms with Crippen LogP contribution in [0, 0.1) is 20.8 Å². The number of aromatic nitrogens is 1. The van der Waals surface area contributed by atoms with Crippen molar-refractivity contribution >= 4 is 35.2 Å². The molecule has 0 unspecified atom stereocenters. The van der Waals surface area contributed by atoms with E-state index < -0.39 is 5.97 Å². The van der Waals surface area contributed by atoms with Gasteiger partial charge in [-0.25, -0.2) is 4.79 Å². The number of amides is 1. The number of halogens is 1. The molecule has 4 rings (SSSR count). The van der Waals surface area contributed by atoms with Crippen molar-refractivity contribution in [1.82, 2.24) is 4.57 Å². The number of rotatable bonds is 4. The first kappa shape index (κ1) is 22.6. The summed E-state index contributed by atoms with van der Waals surface area (Å²) in [5, 5.41) is 0.569. The monoisotopic (exact) mass is 460 g/mol. The van der Waals surface area contributed by atoms with Crippen molar-refractivity contribution in [3.05, 3.63) is 99.0 Å². The number of nitrogens with zero attached hydrogens (tertiary/aromatic N) is 2. The number of aryl methyl sites for hydroxylation is 2. The van der Waals surface area contributed by atoms with Crippen molar-refractivity contribution in [3.63, 3.8) is 0 Å². The molecule has 168 valence electrons. The molecule has 1 aromatic heterocycles. The maximum atomic E-state index is 13.5. The number of hydrogen-bond donors (Lipinski definition) is 0. The quantitative estimate of drug-likeness (QED) is 0.358. The molecular weight excluding hydrogens is 436 g/mol. The smallest absolute Gasteiger partial charge is 0.340 e. The van der Waals surface area contributed by atoms with E-state index >= 15 is 0 Å². The second-order valence-corrected chi connectivity index (χ2v) is 8.56. The lowest BCUT2D eigenvalue weighted by molar-refractivity contribution is -0.136. The van der Waals surface area contributed by atoms with Crippen LogP contribution in [-0.4, -0.2) is 23.6 Å². The Balaban J connectivity index is 1.85. The second kappa shape index (κ2) is 8.75. The SMILES string of the molecule is COC(=O)C1=C(C)N(c2ccc(Cl)cc2)C(=O)/C1=C\c1cc(C)n(-c2cccc(C)c2)c1C. The van der Waals surface area contributed by atoms with E-state index in [1.54, 1.807) is 37.3 Å². The number of hydrogen-bond acceptors (Lipinski definition) is 3. The third-order valence-electron chi connectivity index (χ3n) is 5.90. The number of ether oxygens (including phenoxy) is 1. The Hall–Kier alpha value is -3.57. The van der Waals surface area contributed by atoms with Crippen molar-refractivity contribution in [3.8, 4) is 5.69 Å². The Kier molecular flexibility index (Phi) is 6.00. The average molecular weight is 461 g/mol. The molecular formula is C27H25ClN2O3. The fourth-order valence-corrected chi connectivity index (χ4v) is 4.46. The van der Waals surface area contributed by atoms with Crippen molar-refractivity contribution in [2.24, 2.45) is 0 Å². The molecule has 0 spiro atoms. The first-order valence-corrected chi connectivity index (χ1v) is 11.0. The van der Waals surface area contributed by atoms with Crippen molar-refractivity contribution in [2.45, 2.75) is 27.7 Å². The predicted molar refractivity (Wildman–Crippen MR) is 132 cm³/mol. The summed E-state index contributed by atoms with van der Waals surface area (Å²) >= 11 is 6.02. The summed E-state index contributed by atoms with van der Waals surface area (Å²) in [6, 6.07) is 17.2. The summed E-state index contributed by atoms with van der Waals surface area (Å²) in [4.78, 5) is 27.7. The Labute approximate surface area is 198 Å². The summed E-state index contributed by atoms with van der Waals surface area (Å²) in [6.45, 7) is 7.83. The average Bonchev–Trinajstić information content (AvgIpc) is 3.20. The van der Waals surface area contributed by atoms with E-state index in [-0.39, 0.29) is 11.5 Å². The Morgan fingerprint density at radius 3 is 2.30 bits per heavy atom. The molecule has 0 N–H and O–H groups in total. The van der Waals surface area contributed by atoms with Gasteiger partial charge in [-0.15, -0.1) is 0 Å². The summed E-state index contributed by atoms with van der Waals surface area (Å²) in [7, 11) is 1.32. The van der Waals surface area contributed by atoms with Crippen LogP contribution in [0.15, 0.2) is 71.4 Å². The lowest BCUT2D eigenvalue weighted by atomic mass is 10.0. The number of allylic oxidation sites excluding steroid dienone is 1. The fraction of sp³-hybridized carbons (Fsp3) is 0.185. The second-order valence-electron chi connectivity index (χ2n) is 8.13. The van der Waals surface area contributed by atoms with Gasteiger partial charge >= 0.3 is 5.97 Å². The fourth-order valence-electron chi connectivity index (χ4n) is 4.33. The predicted octanol–water partition coefficient (Wildman–Crippen LogP) is 5.93. The summed E-state index contributed by atoms with van der Waals surface area (Å²) in [5.41, 5.74) is 6.81. The van der Waals surface area contributed by atoms with Crippen molar-refractivity contribution in [2.75, 3.05) is 12.0 Å². The van der Waals surface area contributed by atoms with Crippen LogP contribution in [0.4, 0.5) is 5.69 Å². The standard InChI is InChI=1S/C27H25ClN2O3/c1-16-7-6-8-23(13-16)29-17(2)14-20(18(29)3)15-24-25(27(32)33-5)19(4)30(26(24)31)22-11-9-21(28)10-12-22/h6-15H,1-5H3/b24-15-. The van der Waals surface area contributed by atoms with E-state index in [2.05, 4.69) is 29.7 Å². The number of methoxy groups -OCH3 is 1. The van der Waals surface area contributed by atoms with E-state index in [4.69, 9.17) is 16.3 Å². The largest absolute Gasteiger partial charge is 0.465 e. The first-order chi connectivity index (χ1) is 15.7. The van der Waals surface area contributed by atoms with Crippen LogP contribution in [0.5, 0.6) is 0 Å². The van der Waals surface area contributed by atoms with Crippen LogP contribution in [0.2, 0.25) is 5.02 Å². The van der Waals surface area contributed by atoms with Gasteiger partial charge in [0.05, 0.1) is 18.3 Å². The number of anilines is 1. The van der Waals surface area contributed by atoms with Gasteiger partial charge in [-0.2, -0.15) is 0 Å². The van der Waals surface area contributed by atoms with Gasteiger partial charge in [0.2, 0.25) is 0 Å². The molecule has 2 aromatic carbocycles. The number of benzene rings is 2. The van der Waals surface area contributed by atoms with Gasteiger partial charge in [0.25, 0.3) is 5.91 Å². The molecule has 3 aromatic rings. The highest BCUT2D eigenvalue weighted by molar-refractivity contribution is 6.30. The minimum absolute atomic E-state index is 0.262. The summed E-state index contributed by atoms with van der Waals surface area (Å²) in [5.74, 6) is -0.827. The Bertz CT molecular complexity index is 1330. The third-order valence-corrected chi connectivity index (χ3v) is 6.16. The van der Waals surface area contributed by atoms with Crippen LogP contribution in [0.25, 0.3) is 11.8 Å². The van der Waals surface area contributed by atoms with Gasteiger partial charge < -0.3 is 9.30 Å². The van der Waals surface area contributed by atoms with Crippen LogP contribution in [0.1, 0.15) is 29.4 Å². The van der Waals surface area contributed by atoms with Crippen LogP contribution in [-0.2, 0) is 14.3 Å². The lowest BCUT2D eigenvalue weighted by Crippen LogP contribution is -2.24. The number of carbonyl (C=O) groups is 2. The third kappa shape index (κ3) is 4.00. The topological polar surface area (TPSA) is 51.5 Å². The van der Waals surface area contributed by atoms with Gasteiger partial charge in [-0.3, -0.25) is 9.69 Å². The molecule has 1 aliphatic rings. The Morgan fingerprint density at radius 1 is 0.970 bits per heavy atom. The van der Waals surface area contributed by atoms with Crippen molar-refractivity contribution < 1.29 is 14.3 Å². The summed E-state index contributed by atoms with van der Waals surface area (Å²) < 4.78 is 7.17. The van der Waals surface area contributed by atoms with Gasteiger partial charge in [0.15, 0.2) is 0 Å². The molecule has 0 saturated carbocycles. The highest BCUT2D eigenvalue weighted by Crippen LogP contribution is 2.36. The maximum Gasteiger partial charge on any atom is 0.340 e. The zero-order chi connectivity index (χ0) is 23.9. The number of esters is 1. The molecule has 1 aliphatic heterocycles. The normalized spacial score (nSPS) is 15.0. The maximum absolute atomic E-state index is 13.5. The highest BCUT2D eigenvalue weighted by atomic mass is 35.5. The Morgan fingerprint density at radius 2 is 1.67 bits per heavy atom. The summed E-state index contributed by atoms with van der Waals surface area (Å²) in [6.07, 6.45) is 1.78. The molecule has 1 amide bonds. The molecule has 0 radical (unpaired) electrons. The highest BCUT2D eigenvalue weighted by Gasteiger charge is 2.38. The number of carbonyl (C=O) groups excluding carboxylic acids is 2. The molecule has 0 bridgehead atoms. The van der Waals surface area contributed by atoms with Gasteiger partial charge in [0.1, 0.15) is 0 Å². The van der Waals surface area contributed by atoms with Gasteiger partial charge in [-0.05, 0) is 87.4 Å². The molecule has 0 atom stereocenters. The van der Waals surface area contributed by atoms with Crippen LogP contribution >= 0.6 is 11.6 Å². The zero-order valence-corrected chi connectivity index (χ0v) is 20.0. The van der Waals surface area contributed by atoms with E-state index in [0.717, 1.165) is 28.2 Å². The first-order valence-electron chi connectivity index (χ1n) is 10.6. The van der Waals surface area contributed by atoms with Gasteiger partial charge in [-0.1, -0.05) is 23.7 Å². The van der Waals surface area contributed by atoms with Crippen molar-refractivity contribution in [1.29, 1.82) is 0 Å². The van der Waals surface area contributed by atoms with Crippen LogP contribution < -0.4 is 4.90 Å². The van der Waals surface area contributed by atoms with E-state index in [0.29, 0.717) is 22.0 Å². The molecule has 5 nitrogen and oxygen atoms in total. The minimum atomic E-state index is -0.545. The molecule has 6 heteroatoms. The van der Waals surface area contributed by atoms with E-state index in [1.165, 1.54) is 12.0 Å². The van der Waals surface area contributed by atoms with Gasteiger partial charge in [0, 0.05) is 33.5 Å². The molecule has 0 fully saturated rings. The van der Waals surface area contributed by atoms with E-state index in [1.807, 2.05) is 26.0 Å². The molecule has 2 heterocycles. The van der Waals surface area contributed by atoms with Crippen LogP contribution in [0.3, 0.4) is 0 Å². The van der Waals surface area contributed by atoms with E-state index in [9.17, 15) is 9.59 Å². The molecule has 0 saturated heterocycles. The molecule has 33 heavy (non-hydrogen) atoms. The lowest BCUT2D eigenvalue weighted by Gasteiger charge is -2.17. The zero-order valence-electron chi connectivity index (χ0n) is 19.3. The molecule has 0 aliphatic carbocycles.